The lowest BCUT2D eigenvalue weighted by atomic mass is 9.82. The summed E-state index contributed by atoms with van der Waals surface area (Å²) in [5, 5.41) is 0. The van der Waals surface area contributed by atoms with Gasteiger partial charge in [-0.1, -0.05) is 49.7 Å². The molecular formula is C23H19F3. The van der Waals surface area contributed by atoms with E-state index in [1.165, 1.54) is 17.2 Å². The van der Waals surface area contributed by atoms with Crippen LogP contribution < -0.4 is 0 Å². The number of halogens is 3. The third-order valence-corrected chi connectivity index (χ3v) is 5.12. The highest BCUT2D eigenvalue weighted by Gasteiger charge is 2.22. The number of hydrogen-bond acceptors (Lipinski definition) is 0. The quantitative estimate of drug-likeness (QED) is 0.505. The molecule has 0 bridgehead atoms. The first-order valence-corrected chi connectivity index (χ1v) is 8.97. The Bertz CT molecular complexity index is 989. The zero-order valence-corrected chi connectivity index (χ0v) is 14.6. The van der Waals surface area contributed by atoms with E-state index in [4.69, 9.17) is 0 Å². The van der Waals surface area contributed by atoms with Crippen molar-refractivity contribution in [2.24, 2.45) is 0 Å². The van der Waals surface area contributed by atoms with Crippen molar-refractivity contribution in [1.82, 2.24) is 0 Å². The normalized spacial score (nSPS) is 12.6. The van der Waals surface area contributed by atoms with Crippen LogP contribution in [0.2, 0.25) is 0 Å². The Morgan fingerprint density at radius 3 is 2.31 bits per heavy atom. The molecule has 0 aromatic heterocycles. The van der Waals surface area contributed by atoms with Crippen LogP contribution in [0.15, 0.2) is 48.5 Å². The molecule has 26 heavy (non-hydrogen) atoms. The number of fused-ring (bicyclic) bond motifs is 3. The molecular weight excluding hydrogens is 333 g/mol. The van der Waals surface area contributed by atoms with Gasteiger partial charge in [0.05, 0.1) is 0 Å². The topological polar surface area (TPSA) is 0 Å². The molecule has 1 aliphatic carbocycles. The molecule has 0 aliphatic heterocycles. The Hall–Kier alpha value is -2.55. The van der Waals surface area contributed by atoms with Crippen LogP contribution in [-0.2, 0) is 19.3 Å². The van der Waals surface area contributed by atoms with E-state index < -0.39 is 11.6 Å². The van der Waals surface area contributed by atoms with Gasteiger partial charge in [0.1, 0.15) is 5.82 Å². The molecule has 0 N–H and O–H groups in total. The second kappa shape index (κ2) is 6.64. The van der Waals surface area contributed by atoms with Crippen LogP contribution >= 0.6 is 0 Å². The summed E-state index contributed by atoms with van der Waals surface area (Å²) in [5.41, 5.74) is 5.86. The van der Waals surface area contributed by atoms with E-state index in [1.54, 1.807) is 6.07 Å². The van der Waals surface area contributed by atoms with Gasteiger partial charge in [0, 0.05) is 5.56 Å². The van der Waals surface area contributed by atoms with Gasteiger partial charge < -0.3 is 0 Å². The second-order valence-corrected chi connectivity index (χ2v) is 6.82. The van der Waals surface area contributed by atoms with Gasteiger partial charge in [-0.25, -0.2) is 13.2 Å². The minimum absolute atomic E-state index is 0.314. The zero-order valence-electron chi connectivity index (χ0n) is 14.6. The van der Waals surface area contributed by atoms with E-state index >= 15 is 4.39 Å². The lowest BCUT2D eigenvalue weighted by molar-refractivity contribution is 0.509. The molecule has 0 nitrogen and oxygen atoms in total. The predicted octanol–water partition coefficient (Wildman–Crippen LogP) is 6.49. The Kier molecular flexibility index (Phi) is 4.31. The van der Waals surface area contributed by atoms with Gasteiger partial charge in [-0.15, -0.1) is 0 Å². The summed E-state index contributed by atoms with van der Waals surface area (Å²) in [6.45, 7) is 2.16. The molecule has 0 amide bonds. The third-order valence-electron chi connectivity index (χ3n) is 5.12. The van der Waals surface area contributed by atoms with Crippen molar-refractivity contribution in [3.63, 3.8) is 0 Å². The summed E-state index contributed by atoms with van der Waals surface area (Å²) < 4.78 is 41.9. The molecule has 4 rings (SSSR count). The maximum absolute atomic E-state index is 15.2. The average molecular weight is 352 g/mol. The largest absolute Gasteiger partial charge is 0.206 e. The van der Waals surface area contributed by atoms with Crippen molar-refractivity contribution in [2.45, 2.75) is 32.6 Å². The fourth-order valence-corrected chi connectivity index (χ4v) is 3.83. The van der Waals surface area contributed by atoms with E-state index in [2.05, 4.69) is 25.1 Å². The molecule has 0 fully saturated rings. The van der Waals surface area contributed by atoms with Gasteiger partial charge in [0.15, 0.2) is 11.6 Å². The van der Waals surface area contributed by atoms with E-state index in [9.17, 15) is 8.78 Å². The SMILES string of the molecule is CCCc1ccc2c(c1)CCc1c-2ccc(-c2ccc(F)c(F)c2)c1F. The minimum atomic E-state index is -0.964. The van der Waals surface area contributed by atoms with Crippen molar-refractivity contribution >= 4 is 0 Å². The molecule has 0 spiro atoms. The van der Waals surface area contributed by atoms with Gasteiger partial charge in [0.2, 0.25) is 0 Å². The highest BCUT2D eigenvalue weighted by molar-refractivity contribution is 5.78. The first-order chi connectivity index (χ1) is 12.6. The molecule has 0 radical (unpaired) electrons. The van der Waals surface area contributed by atoms with Crippen LogP contribution in [0.5, 0.6) is 0 Å². The van der Waals surface area contributed by atoms with Crippen LogP contribution in [0.1, 0.15) is 30.0 Å². The molecule has 0 heterocycles. The maximum atomic E-state index is 15.2. The first kappa shape index (κ1) is 16.9. The van der Waals surface area contributed by atoms with Gasteiger partial charge in [-0.3, -0.25) is 0 Å². The lowest BCUT2D eigenvalue weighted by Gasteiger charge is -2.22. The molecule has 0 saturated heterocycles. The van der Waals surface area contributed by atoms with Crippen LogP contribution in [0, 0.1) is 17.5 Å². The number of benzene rings is 3. The second-order valence-electron chi connectivity index (χ2n) is 6.82. The van der Waals surface area contributed by atoms with E-state index in [-0.39, 0.29) is 5.82 Å². The fraction of sp³-hybridized carbons (Fsp3) is 0.217. The average Bonchev–Trinajstić information content (AvgIpc) is 2.64. The summed E-state index contributed by atoms with van der Waals surface area (Å²) in [6.07, 6.45) is 3.55. The van der Waals surface area contributed by atoms with Crippen molar-refractivity contribution in [1.29, 1.82) is 0 Å². The van der Waals surface area contributed by atoms with Crippen LogP contribution in [0.4, 0.5) is 13.2 Å². The van der Waals surface area contributed by atoms with Crippen LogP contribution in [-0.4, -0.2) is 0 Å². The van der Waals surface area contributed by atoms with Crippen molar-refractivity contribution in [2.75, 3.05) is 0 Å². The molecule has 132 valence electrons. The highest BCUT2D eigenvalue weighted by Crippen LogP contribution is 2.39. The molecule has 0 saturated carbocycles. The molecule has 3 aromatic carbocycles. The van der Waals surface area contributed by atoms with E-state index in [0.717, 1.165) is 42.5 Å². The molecule has 3 heteroatoms. The Labute approximate surface area is 151 Å². The van der Waals surface area contributed by atoms with E-state index in [1.807, 2.05) is 6.07 Å². The summed E-state index contributed by atoms with van der Waals surface area (Å²) in [5.74, 6) is -2.23. The molecule has 3 aromatic rings. The summed E-state index contributed by atoms with van der Waals surface area (Å²) in [7, 11) is 0. The Morgan fingerprint density at radius 1 is 0.769 bits per heavy atom. The zero-order chi connectivity index (χ0) is 18.3. The van der Waals surface area contributed by atoms with Crippen molar-refractivity contribution in [3.05, 3.63) is 82.7 Å². The standard InChI is InChI=1S/C23H19F3/c1-2-3-14-4-7-17-15(12-14)5-8-20-19(17)10-9-18(23(20)26)16-6-11-21(24)22(25)13-16/h4,6-7,9-13H,2-3,5,8H2,1H3. The number of hydrogen-bond donors (Lipinski definition) is 0. The highest BCUT2D eigenvalue weighted by atomic mass is 19.2. The van der Waals surface area contributed by atoms with Crippen molar-refractivity contribution < 1.29 is 13.2 Å². The van der Waals surface area contributed by atoms with Crippen molar-refractivity contribution in [3.8, 4) is 22.3 Å². The summed E-state index contributed by atoms with van der Waals surface area (Å²) in [4.78, 5) is 0. The third kappa shape index (κ3) is 2.82. The molecule has 0 unspecified atom stereocenters. The summed E-state index contributed by atoms with van der Waals surface area (Å²) in [6, 6.07) is 13.5. The Morgan fingerprint density at radius 2 is 1.54 bits per heavy atom. The van der Waals surface area contributed by atoms with E-state index in [0.29, 0.717) is 23.1 Å². The predicted molar refractivity (Wildman–Crippen MR) is 98.6 cm³/mol. The smallest absolute Gasteiger partial charge is 0.159 e. The van der Waals surface area contributed by atoms with Gasteiger partial charge >= 0.3 is 0 Å². The van der Waals surface area contributed by atoms with Gasteiger partial charge in [-0.05, 0) is 64.8 Å². The molecule has 1 aliphatic rings. The number of rotatable bonds is 3. The summed E-state index contributed by atoms with van der Waals surface area (Å²) >= 11 is 0. The lowest BCUT2D eigenvalue weighted by Crippen LogP contribution is -2.08. The Balaban J connectivity index is 1.80. The monoisotopic (exact) mass is 352 g/mol. The molecule has 0 atom stereocenters. The maximum Gasteiger partial charge on any atom is 0.159 e. The van der Waals surface area contributed by atoms with Gasteiger partial charge in [0.25, 0.3) is 0 Å². The number of aryl methyl sites for hydroxylation is 2. The first-order valence-electron chi connectivity index (χ1n) is 8.97. The fourth-order valence-electron chi connectivity index (χ4n) is 3.83. The van der Waals surface area contributed by atoms with Gasteiger partial charge in [-0.2, -0.15) is 0 Å². The van der Waals surface area contributed by atoms with Crippen LogP contribution in [0.25, 0.3) is 22.3 Å². The minimum Gasteiger partial charge on any atom is -0.206 e. The van der Waals surface area contributed by atoms with Crippen LogP contribution in [0.3, 0.4) is 0 Å².